The number of fused-ring (bicyclic) bond motifs is 4. The van der Waals surface area contributed by atoms with Crippen LogP contribution in [0.25, 0.3) is 0 Å². The number of carbonyl (C=O) groups excluding carboxylic acids is 2. The van der Waals surface area contributed by atoms with Crippen LogP contribution in [0.3, 0.4) is 0 Å². The van der Waals surface area contributed by atoms with Crippen molar-refractivity contribution in [1.82, 2.24) is 9.80 Å². The number of piperidine rings is 4. The molecule has 2 saturated carbocycles. The molecule has 10 aliphatic heterocycles. The molecule has 12 atom stereocenters. The van der Waals surface area contributed by atoms with E-state index in [0.29, 0.717) is 73.3 Å². The summed E-state index contributed by atoms with van der Waals surface area (Å²) in [6.07, 6.45) is 10.2. The molecule has 344 valence electrons. The third kappa shape index (κ3) is 5.50. The average Bonchev–Trinajstić information content (AvgIpc) is 3.94. The van der Waals surface area contributed by atoms with E-state index in [4.69, 9.17) is 45.9 Å². The number of benzene rings is 2. The highest BCUT2D eigenvalue weighted by molar-refractivity contribution is 7.79. The summed E-state index contributed by atoms with van der Waals surface area (Å²) in [7, 11) is 2.05. The normalized spacial score (nSPS) is 38.1. The molecule has 6 saturated heterocycles. The molecule has 4 bridgehead atoms. The van der Waals surface area contributed by atoms with Crippen molar-refractivity contribution in [2.24, 2.45) is 23.7 Å². The molecule has 10 heterocycles. The zero-order valence-corrected chi connectivity index (χ0v) is 37.2. The van der Waals surface area contributed by atoms with Crippen molar-refractivity contribution in [2.75, 3.05) is 77.6 Å². The van der Waals surface area contributed by atoms with Gasteiger partial charge >= 0.3 is 10.4 Å². The Morgan fingerprint density at radius 3 is 1.39 bits per heavy atom. The van der Waals surface area contributed by atoms with Gasteiger partial charge in [0.1, 0.15) is 0 Å². The molecular weight excluding hydrogens is 849 g/mol. The summed E-state index contributed by atoms with van der Waals surface area (Å²) in [5.74, 6) is 5.15. The third-order valence-corrected chi connectivity index (χ3v) is 17.6. The molecule has 2 aromatic carbocycles. The highest BCUT2D eigenvalue weighted by Gasteiger charge is 2.73. The second-order valence-electron chi connectivity index (χ2n) is 19.4. The van der Waals surface area contributed by atoms with E-state index >= 15 is 0 Å². The van der Waals surface area contributed by atoms with Gasteiger partial charge in [-0.05, 0) is 73.9 Å². The summed E-state index contributed by atoms with van der Waals surface area (Å²) in [4.78, 5) is 36.5. The lowest BCUT2D eigenvalue weighted by molar-refractivity contribution is -0.133. The Morgan fingerprint density at radius 1 is 0.641 bits per heavy atom. The number of ether oxygens (including phenoxy) is 6. The van der Waals surface area contributed by atoms with E-state index in [1.54, 1.807) is 39.6 Å². The Hall–Kier alpha value is -4.27. The van der Waals surface area contributed by atoms with Crippen LogP contribution in [0.4, 0.5) is 11.4 Å². The molecule has 17 nitrogen and oxygen atoms in total. The first kappa shape index (κ1) is 42.4. The molecule has 0 radical (unpaired) electrons. The van der Waals surface area contributed by atoms with E-state index in [1.807, 2.05) is 12.1 Å². The van der Waals surface area contributed by atoms with Crippen molar-refractivity contribution in [3.05, 3.63) is 58.7 Å². The third-order valence-electron chi connectivity index (χ3n) is 17.6. The topological polar surface area (TPSA) is 209 Å². The van der Waals surface area contributed by atoms with Gasteiger partial charge in [0.05, 0.1) is 90.2 Å². The Kier molecular flexibility index (Phi) is 9.68. The number of anilines is 2. The molecule has 18 heteroatoms. The van der Waals surface area contributed by atoms with E-state index in [-0.39, 0.29) is 52.4 Å². The number of rotatable bonds is 4. The molecule has 14 rings (SSSR count). The van der Waals surface area contributed by atoms with E-state index < -0.39 is 10.4 Å². The number of methoxy groups -OCH3 is 4. The molecule has 8 fully saturated rings. The molecule has 12 unspecified atom stereocenters. The van der Waals surface area contributed by atoms with Crippen LogP contribution in [0.15, 0.2) is 47.6 Å². The van der Waals surface area contributed by atoms with Gasteiger partial charge in [-0.1, -0.05) is 23.3 Å². The summed E-state index contributed by atoms with van der Waals surface area (Å²) in [5.41, 5.74) is 7.70. The van der Waals surface area contributed by atoms with Crippen LogP contribution >= 0.6 is 0 Å². The van der Waals surface area contributed by atoms with Gasteiger partial charge in [0, 0.05) is 60.0 Å². The predicted octanol–water partition coefficient (Wildman–Crippen LogP) is 2.74. The lowest BCUT2D eigenvalue weighted by Gasteiger charge is -2.58. The average molecular weight is 905 g/mol. The van der Waals surface area contributed by atoms with Crippen LogP contribution in [0, 0.1) is 23.7 Å². The fourth-order valence-corrected chi connectivity index (χ4v) is 15.7. The quantitative estimate of drug-likeness (QED) is 0.334. The second-order valence-corrected chi connectivity index (χ2v) is 20.3. The molecule has 2 spiro atoms. The van der Waals surface area contributed by atoms with Crippen molar-refractivity contribution >= 4 is 33.6 Å². The Labute approximate surface area is 372 Å². The van der Waals surface area contributed by atoms with E-state index in [9.17, 15) is 9.59 Å². The first-order valence-corrected chi connectivity index (χ1v) is 23.7. The molecule has 12 aliphatic rings. The Morgan fingerprint density at radius 2 is 1.02 bits per heavy atom. The maximum absolute atomic E-state index is 13.5. The monoisotopic (exact) mass is 904 g/mol. The van der Waals surface area contributed by atoms with Gasteiger partial charge in [0.25, 0.3) is 0 Å². The highest BCUT2D eigenvalue weighted by Crippen LogP contribution is 2.68. The van der Waals surface area contributed by atoms with E-state index in [0.717, 1.165) is 61.9 Å². The summed E-state index contributed by atoms with van der Waals surface area (Å²) >= 11 is 0. The lowest BCUT2D eigenvalue weighted by atomic mass is 9.53. The van der Waals surface area contributed by atoms with Gasteiger partial charge in [0.2, 0.25) is 11.8 Å². The maximum atomic E-state index is 13.5. The van der Waals surface area contributed by atoms with Crippen LogP contribution in [0.5, 0.6) is 23.0 Å². The largest absolute Gasteiger partial charge is 0.493 e. The number of hydrogen-bond acceptors (Lipinski definition) is 12. The van der Waals surface area contributed by atoms with Crippen LogP contribution in [0.1, 0.15) is 49.7 Å². The molecule has 64 heavy (non-hydrogen) atoms. The minimum Gasteiger partial charge on any atom is -0.493 e. The van der Waals surface area contributed by atoms with Gasteiger partial charge in [-0.25, -0.2) is 0 Å². The zero-order chi connectivity index (χ0) is 43.5. The number of nitrogens with zero attached hydrogens (tertiary/aromatic N) is 4. The molecular formula is C46H56N4O13S. The smallest absolute Gasteiger partial charge is 0.394 e. The first-order chi connectivity index (χ1) is 30.3. The predicted molar refractivity (Wildman–Crippen MR) is 231 cm³/mol. The van der Waals surface area contributed by atoms with Crippen LogP contribution < -0.4 is 28.7 Å². The number of amides is 2. The number of carbonyl (C=O) groups is 2. The maximum Gasteiger partial charge on any atom is 0.394 e. The van der Waals surface area contributed by atoms with Gasteiger partial charge in [-0.3, -0.25) is 28.5 Å². The standard InChI is InChI=1S/2C23H26N2O4.H2O4S.H2O/c2*1-27-16-8-14-15(9-17(16)28-2)25-20(26)10-18-21-13-7-19-23(14,22(21)25)4-5-24(19)11-12(13)3-6-29-18;1-5(2,3)4;/h2*3,8-9,13,18-19,21-22H,4-7,10-11H2,1-2H3;(H2,1,2,3,4);1H2. The van der Waals surface area contributed by atoms with Crippen LogP contribution in [-0.4, -0.2) is 149 Å². The van der Waals surface area contributed by atoms with Crippen molar-refractivity contribution in [3.63, 3.8) is 0 Å². The van der Waals surface area contributed by atoms with Crippen molar-refractivity contribution in [3.8, 4) is 23.0 Å². The fraction of sp³-hybridized carbons (Fsp3) is 0.609. The van der Waals surface area contributed by atoms with Crippen LogP contribution in [0.2, 0.25) is 0 Å². The lowest BCUT2D eigenvalue weighted by Crippen LogP contribution is -2.69. The Bertz CT molecular complexity index is 2350. The Balaban J connectivity index is 0.000000128. The molecule has 4 N–H and O–H groups in total. The summed E-state index contributed by atoms with van der Waals surface area (Å²) in [5, 5.41) is 0. The zero-order valence-electron chi connectivity index (χ0n) is 36.4. The van der Waals surface area contributed by atoms with Gasteiger partial charge in [-0.15, -0.1) is 0 Å². The SMILES string of the molecule is COc1cc2c(cc1OC)C13CCN4CC5=CCOC6CC(=O)N2C1C6C5CC43.COc1cc2c(cc1OC)C13CCN4CC5=CCOC6CC(=O)N2C1C6C5CC43.O.O=S(=O)(O)O. The minimum atomic E-state index is -4.67. The van der Waals surface area contributed by atoms with Crippen molar-refractivity contribution in [1.29, 1.82) is 0 Å². The fourth-order valence-electron chi connectivity index (χ4n) is 15.7. The number of hydrogen-bond donors (Lipinski definition) is 2. The summed E-state index contributed by atoms with van der Waals surface area (Å²) < 4.78 is 66.8. The second kappa shape index (κ2) is 14.6. The van der Waals surface area contributed by atoms with Crippen molar-refractivity contribution in [2.45, 2.75) is 85.7 Å². The van der Waals surface area contributed by atoms with Gasteiger partial charge < -0.3 is 43.7 Å². The molecule has 2 aliphatic carbocycles. The molecule has 2 amide bonds. The van der Waals surface area contributed by atoms with Gasteiger partial charge in [0.15, 0.2) is 23.0 Å². The minimum absolute atomic E-state index is 0. The molecule has 0 aromatic heterocycles. The highest BCUT2D eigenvalue weighted by atomic mass is 32.3. The van der Waals surface area contributed by atoms with Gasteiger partial charge in [-0.2, -0.15) is 8.42 Å². The summed E-state index contributed by atoms with van der Waals surface area (Å²) in [6, 6.07) is 9.74. The van der Waals surface area contributed by atoms with E-state index in [1.165, 1.54) is 24.0 Å². The molecule has 2 aromatic rings. The van der Waals surface area contributed by atoms with E-state index in [2.05, 4.69) is 43.9 Å². The van der Waals surface area contributed by atoms with Crippen LogP contribution in [-0.2, 0) is 40.3 Å². The van der Waals surface area contributed by atoms with Crippen molar-refractivity contribution < 1.29 is 61.0 Å². The summed E-state index contributed by atoms with van der Waals surface area (Å²) in [6.45, 7) is 5.61. The first-order valence-electron chi connectivity index (χ1n) is 22.3.